The Hall–Kier alpha value is -1.71. The molecule has 0 spiro atoms. The Bertz CT molecular complexity index is 447. The second-order valence-electron chi connectivity index (χ2n) is 5.96. The van der Waals surface area contributed by atoms with Gasteiger partial charge in [-0.15, -0.1) is 0 Å². The maximum absolute atomic E-state index is 8.75. The molecule has 0 bridgehead atoms. The summed E-state index contributed by atoms with van der Waals surface area (Å²) in [7, 11) is 0. The van der Waals surface area contributed by atoms with Crippen LogP contribution in [-0.2, 0) is 0 Å². The summed E-state index contributed by atoms with van der Waals surface area (Å²) in [6, 6.07) is 11.1. The van der Waals surface area contributed by atoms with Crippen molar-refractivity contribution >= 4 is 11.5 Å². The van der Waals surface area contributed by atoms with Crippen molar-refractivity contribution in [3.8, 4) is 0 Å². The number of hydrogen-bond donors (Lipinski definition) is 2. The normalized spacial score (nSPS) is 23.0. The zero-order valence-corrected chi connectivity index (χ0v) is 12.9. The van der Waals surface area contributed by atoms with Gasteiger partial charge in [0.1, 0.15) is 5.84 Å². The highest BCUT2D eigenvalue weighted by molar-refractivity contribution is 5.80. The molecule has 0 aromatic heterocycles. The van der Waals surface area contributed by atoms with Gasteiger partial charge in [-0.25, -0.2) is 0 Å². The molecular formula is C17H27N3O. The predicted molar refractivity (Wildman–Crippen MR) is 87.9 cm³/mol. The van der Waals surface area contributed by atoms with Gasteiger partial charge in [0.25, 0.3) is 0 Å². The third-order valence-corrected chi connectivity index (χ3v) is 4.60. The molecule has 2 rings (SSSR count). The van der Waals surface area contributed by atoms with E-state index in [0.717, 1.165) is 12.5 Å². The van der Waals surface area contributed by atoms with Crippen LogP contribution in [0.25, 0.3) is 0 Å². The average molecular weight is 289 g/mol. The van der Waals surface area contributed by atoms with E-state index in [-0.39, 0.29) is 0 Å². The predicted octanol–water partition coefficient (Wildman–Crippen LogP) is 3.60. The van der Waals surface area contributed by atoms with E-state index in [1.165, 1.54) is 37.8 Å². The van der Waals surface area contributed by atoms with Crippen LogP contribution < -0.4 is 10.6 Å². The summed E-state index contributed by atoms with van der Waals surface area (Å²) in [5.41, 5.74) is 6.90. The smallest absolute Gasteiger partial charge is 0.140 e. The molecule has 3 N–H and O–H groups in total. The highest BCUT2D eigenvalue weighted by atomic mass is 16.4. The van der Waals surface area contributed by atoms with Crippen molar-refractivity contribution in [1.82, 2.24) is 0 Å². The number of nitrogens with zero attached hydrogens (tertiary/aromatic N) is 2. The number of benzene rings is 1. The minimum absolute atomic E-state index is 0.304. The van der Waals surface area contributed by atoms with Crippen LogP contribution in [0.2, 0.25) is 0 Å². The summed E-state index contributed by atoms with van der Waals surface area (Å²) in [5.74, 6) is 1.14. The van der Waals surface area contributed by atoms with Crippen LogP contribution in [0.15, 0.2) is 35.5 Å². The molecule has 0 amide bonds. The lowest BCUT2D eigenvalue weighted by Crippen LogP contribution is -2.40. The summed E-state index contributed by atoms with van der Waals surface area (Å²) < 4.78 is 0. The summed E-state index contributed by atoms with van der Waals surface area (Å²) in [6.07, 6.45) is 7.01. The van der Waals surface area contributed by atoms with Gasteiger partial charge in [0, 0.05) is 24.7 Å². The molecule has 0 radical (unpaired) electrons. The number of rotatable bonds is 6. The van der Waals surface area contributed by atoms with Gasteiger partial charge < -0.3 is 15.8 Å². The van der Waals surface area contributed by atoms with Gasteiger partial charge in [0.15, 0.2) is 0 Å². The molecule has 116 valence electrons. The van der Waals surface area contributed by atoms with Crippen LogP contribution in [-0.4, -0.2) is 23.6 Å². The SMILES string of the molecule is CCC1CCCC(N(CCC(N)=NO)c2ccccc2)C1. The van der Waals surface area contributed by atoms with Crippen LogP contribution in [0.1, 0.15) is 45.4 Å². The van der Waals surface area contributed by atoms with E-state index in [4.69, 9.17) is 10.9 Å². The van der Waals surface area contributed by atoms with Gasteiger partial charge in [-0.1, -0.05) is 49.5 Å². The molecule has 0 heterocycles. The van der Waals surface area contributed by atoms with Crippen molar-refractivity contribution in [2.24, 2.45) is 16.8 Å². The van der Waals surface area contributed by atoms with E-state index in [1.54, 1.807) is 0 Å². The Kier molecular flexibility index (Phi) is 5.90. The molecule has 2 unspecified atom stereocenters. The van der Waals surface area contributed by atoms with E-state index in [1.807, 2.05) is 6.07 Å². The first-order valence-electron chi connectivity index (χ1n) is 8.02. The van der Waals surface area contributed by atoms with Crippen molar-refractivity contribution in [2.45, 2.75) is 51.5 Å². The molecule has 21 heavy (non-hydrogen) atoms. The van der Waals surface area contributed by atoms with Gasteiger partial charge in [-0.2, -0.15) is 0 Å². The molecule has 1 aromatic carbocycles. The van der Waals surface area contributed by atoms with E-state index < -0.39 is 0 Å². The van der Waals surface area contributed by atoms with E-state index >= 15 is 0 Å². The Morgan fingerprint density at radius 1 is 1.33 bits per heavy atom. The Balaban J connectivity index is 2.11. The second-order valence-corrected chi connectivity index (χ2v) is 5.96. The molecule has 1 saturated carbocycles. The summed E-state index contributed by atoms with van der Waals surface area (Å²) in [6.45, 7) is 3.09. The molecule has 4 heteroatoms. The van der Waals surface area contributed by atoms with Gasteiger partial charge in [-0.05, 0) is 30.9 Å². The maximum atomic E-state index is 8.75. The fraction of sp³-hybridized carbons (Fsp3) is 0.588. The zero-order chi connectivity index (χ0) is 15.1. The second kappa shape index (κ2) is 7.91. The molecule has 1 aliphatic carbocycles. The first kappa shape index (κ1) is 15.7. The monoisotopic (exact) mass is 289 g/mol. The van der Waals surface area contributed by atoms with E-state index in [2.05, 4.69) is 41.2 Å². The number of oxime groups is 1. The third-order valence-electron chi connectivity index (χ3n) is 4.60. The van der Waals surface area contributed by atoms with E-state index in [9.17, 15) is 0 Å². The Labute approximate surface area is 127 Å². The van der Waals surface area contributed by atoms with Crippen LogP contribution in [0.4, 0.5) is 5.69 Å². The zero-order valence-electron chi connectivity index (χ0n) is 12.9. The molecule has 0 aliphatic heterocycles. The highest BCUT2D eigenvalue weighted by Crippen LogP contribution is 2.32. The molecule has 2 atom stereocenters. The molecular weight excluding hydrogens is 262 g/mol. The lowest BCUT2D eigenvalue weighted by Gasteiger charge is -2.39. The van der Waals surface area contributed by atoms with Gasteiger partial charge in [0.2, 0.25) is 0 Å². The minimum Gasteiger partial charge on any atom is -0.409 e. The molecule has 4 nitrogen and oxygen atoms in total. The summed E-state index contributed by atoms with van der Waals surface area (Å²) in [5, 5.41) is 11.9. The quantitative estimate of drug-likeness (QED) is 0.364. The number of amidine groups is 1. The van der Waals surface area contributed by atoms with Crippen LogP contribution in [0, 0.1) is 5.92 Å². The first-order valence-corrected chi connectivity index (χ1v) is 8.02. The number of hydrogen-bond acceptors (Lipinski definition) is 3. The largest absolute Gasteiger partial charge is 0.409 e. The number of anilines is 1. The van der Waals surface area contributed by atoms with E-state index in [0.29, 0.717) is 18.3 Å². The Morgan fingerprint density at radius 2 is 2.10 bits per heavy atom. The minimum atomic E-state index is 0.304. The fourth-order valence-corrected chi connectivity index (χ4v) is 3.34. The number of nitrogens with two attached hydrogens (primary N) is 1. The van der Waals surface area contributed by atoms with Crippen molar-refractivity contribution in [3.63, 3.8) is 0 Å². The topological polar surface area (TPSA) is 61.8 Å². The van der Waals surface area contributed by atoms with Crippen molar-refractivity contribution in [1.29, 1.82) is 0 Å². The summed E-state index contributed by atoms with van der Waals surface area (Å²) in [4.78, 5) is 2.44. The van der Waals surface area contributed by atoms with Gasteiger partial charge in [-0.3, -0.25) is 0 Å². The van der Waals surface area contributed by atoms with Crippen LogP contribution >= 0.6 is 0 Å². The number of para-hydroxylation sites is 1. The summed E-state index contributed by atoms with van der Waals surface area (Å²) >= 11 is 0. The van der Waals surface area contributed by atoms with Crippen LogP contribution in [0.3, 0.4) is 0 Å². The van der Waals surface area contributed by atoms with Gasteiger partial charge in [0.05, 0.1) is 0 Å². The molecule has 1 aliphatic rings. The third kappa shape index (κ3) is 4.38. The van der Waals surface area contributed by atoms with Crippen molar-refractivity contribution < 1.29 is 5.21 Å². The standard InChI is InChI=1S/C17H27N3O/c1-2-14-7-6-10-16(13-14)20(12-11-17(18)19-21)15-8-4-3-5-9-15/h3-5,8-9,14,16,21H,2,6-7,10-13H2,1H3,(H2,18,19). The van der Waals surface area contributed by atoms with Crippen LogP contribution in [0.5, 0.6) is 0 Å². The molecule has 1 fully saturated rings. The van der Waals surface area contributed by atoms with Gasteiger partial charge >= 0.3 is 0 Å². The van der Waals surface area contributed by atoms with Crippen molar-refractivity contribution in [3.05, 3.63) is 30.3 Å². The lowest BCUT2D eigenvalue weighted by molar-refractivity contribution is 0.302. The first-order chi connectivity index (χ1) is 10.2. The van der Waals surface area contributed by atoms with Crippen molar-refractivity contribution in [2.75, 3.05) is 11.4 Å². The fourth-order valence-electron chi connectivity index (χ4n) is 3.34. The molecule has 0 saturated heterocycles. The lowest BCUT2D eigenvalue weighted by atomic mass is 9.83. The maximum Gasteiger partial charge on any atom is 0.140 e. The molecule has 1 aromatic rings. The highest BCUT2D eigenvalue weighted by Gasteiger charge is 2.26. The average Bonchev–Trinajstić information content (AvgIpc) is 2.56. The Morgan fingerprint density at radius 3 is 2.76 bits per heavy atom.